The van der Waals surface area contributed by atoms with Crippen LogP contribution < -0.4 is 14.8 Å². The highest BCUT2D eigenvalue weighted by atomic mass is 79.9. The molecule has 0 atom stereocenters. The lowest BCUT2D eigenvalue weighted by Gasteiger charge is -2.53. The van der Waals surface area contributed by atoms with Crippen molar-refractivity contribution < 1.29 is 27.4 Å². The first-order chi connectivity index (χ1) is 19.7. The number of aromatic nitrogens is 2. The second-order valence-corrected chi connectivity index (χ2v) is 12.1. The van der Waals surface area contributed by atoms with Crippen LogP contribution in [0.4, 0.5) is 13.2 Å². The van der Waals surface area contributed by atoms with Gasteiger partial charge in [-0.1, -0.05) is 34.1 Å². The average Bonchev–Trinajstić information content (AvgIpc) is 3.43. The smallest absolute Gasteiger partial charge is 0.254 e. The van der Waals surface area contributed by atoms with Crippen molar-refractivity contribution in [2.24, 2.45) is 5.41 Å². The number of fused-ring (bicyclic) bond motifs is 4. The molecule has 3 fully saturated rings. The number of nitrogens with zero attached hydrogens (tertiary/aromatic N) is 2. The van der Waals surface area contributed by atoms with Gasteiger partial charge in [0.1, 0.15) is 12.4 Å². The van der Waals surface area contributed by atoms with Crippen LogP contribution in [0.15, 0.2) is 59.2 Å². The lowest BCUT2D eigenvalue weighted by Crippen LogP contribution is -2.51. The number of hydrogen-bond acceptors (Lipinski definition) is 4. The van der Waals surface area contributed by atoms with Gasteiger partial charge in [-0.2, -0.15) is 9.49 Å². The first-order valence-corrected chi connectivity index (χ1v) is 14.4. The van der Waals surface area contributed by atoms with Gasteiger partial charge in [0.05, 0.1) is 23.7 Å². The predicted octanol–water partition coefficient (Wildman–Crippen LogP) is 7.28. The summed E-state index contributed by atoms with van der Waals surface area (Å²) < 4.78 is 57.9. The third-order valence-electron chi connectivity index (χ3n) is 8.84. The first kappa shape index (κ1) is 27.6. The summed E-state index contributed by atoms with van der Waals surface area (Å²) in [5.74, 6) is -5.19. The molecule has 0 saturated heterocycles. The summed E-state index contributed by atoms with van der Waals surface area (Å²) in [6.07, 6.45) is 7.46. The van der Waals surface area contributed by atoms with Crippen molar-refractivity contribution >= 4 is 32.7 Å². The van der Waals surface area contributed by atoms with Gasteiger partial charge >= 0.3 is 0 Å². The SMILES string of the molecule is COc1ccc(COc2c(F)cc(C(=O)NCC34CCC(n5cc6ccc(Br)cc6n5)(CC3)CC4)c(F)c2F)cc1. The standard InChI is InChI=1S/C31H29BrF3N3O3/c1-40-22-6-2-19(3-7-22)17-41-28-24(33)15-23(26(34)27(28)35)29(39)36-18-30-8-11-31(12-9-30,13-10-30)38-16-20-4-5-21(32)14-25(20)37-38/h2-7,14-16H,8-13,17-18H2,1H3,(H,36,39). The van der Waals surface area contributed by atoms with Gasteiger partial charge in [-0.05, 0) is 79.8 Å². The predicted molar refractivity (Wildman–Crippen MR) is 152 cm³/mol. The number of rotatable bonds is 8. The third kappa shape index (κ3) is 5.18. The van der Waals surface area contributed by atoms with Crippen LogP contribution >= 0.6 is 15.9 Å². The van der Waals surface area contributed by atoms with Gasteiger partial charge in [0, 0.05) is 22.6 Å². The van der Waals surface area contributed by atoms with E-state index in [9.17, 15) is 18.0 Å². The zero-order valence-corrected chi connectivity index (χ0v) is 24.1. The number of hydrogen-bond donors (Lipinski definition) is 1. The molecule has 1 aromatic heterocycles. The van der Waals surface area contributed by atoms with Crippen LogP contribution in [-0.2, 0) is 12.1 Å². The van der Waals surface area contributed by atoms with E-state index in [2.05, 4.69) is 38.2 Å². The van der Waals surface area contributed by atoms with Gasteiger partial charge in [0.2, 0.25) is 5.82 Å². The van der Waals surface area contributed by atoms with Crippen molar-refractivity contribution in [2.75, 3.05) is 13.7 Å². The molecule has 10 heteroatoms. The van der Waals surface area contributed by atoms with E-state index in [0.717, 1.165) is 53.9 Å². The number of carbonyl (C=O) groups excluding carboxylic acids is 1. The fourth-order valence-electron chi connectivity index (χ4n) is 6.20. The quantitative estimate of drug-likeness (QED) is 0.208. The minimum Gasteiger partial charge on any atom is -0.497 e. The van der Waals surface area contributed by atoms with E-state index in [0.29, 0.717) is 23.9 Å². The molecule has 1 N–H and O–H groups in total. The third-order valence-corrected chi connectivity index (χ3v) is 9.34. The Morgan fingerprint density at radius 2 is 1.71 bits per heavy atom. The van der Waals surface area contributed by atoms with E-state index in [1.165, 1.54) is 7.11 Å². The Balaban J connectivity index is 1.10. The number of halogens is 4. The van der Waals surface area contributed by atoms with Gasteiger partial charge in [0.15, 0.2) is 17.4 Å². The molecule has 3 aliphatic rings. The van der Waals surface area contributed by atoms with Crippen LogP contribution in [0.5, 0.6) is 11.5 Å². The highest BCUT2D eigenvalue weighted by Crippen LogP contribution is 2.55. The molecule has 4 aromatic rings. The topological polar surface area (TPSA) is 65.4 Å². The number of nitrogens with one attached hydrogen (secondary N) is 1. The zero-order chi connectivity index (χ0) is 28.8. The first-order valence-electron chi connectivity index (χ1n) is 13.6. The molecule has 0 aliphatic heterocycles. The van der Waals surface area contributed by atoms with Crippen molar-refractivity contribution in [3.8, 4) is 11.5 Å². The largest absolute Gasteiger partial charge is 0.497 e. The maximum atomic E-state index is 14.9. The summed E-state index contributed by atoms with van der Waals surface area (Å²) in [6.45, 7) is 0.132. The Labute approximate surface area is 244 Å². The Hall–Kier alpha value is -3.53. The summed E-state index contributed by atoms with van der Waals surface area (Å²) in [4.78, 5) is 12.9. The number of carbonyl (C=O) groups is 1. The molecule has 214 valence electrons. The fraction of sp³-hybridized carbons (Fsp3) is 0.355. The Morgan fingerprint density at radius 1 is 1.00 bits per heavy atom. The highest BCUT2D eigenvalue weighted by molar-refractivity contribution is 9.10. The lowest BCUT2D eigenvalue weighted by molar-refractivity contribution is -0.00564. The van der Waals surface area contributed by atoms with Crippen LogP contribution in [0.2, 0.25) is 0 Å². The second-order valence-electron chi connectivity index (χ2n) is 11.2. The Bertz CT molecular complexity index is 1600. The molecule has 0 unspecified atom stereocenters. The van der Waals surface area contributed by atoms with Gasteiger partial charge < -0.3 is 14.8 Å². The van der Waals surface area contributed by atoms with Gasteiger partial charge in [-0.15, -0.1) is 0 Å². The van der Waals surface area contributed by atoms with Gasteiger partial charge in [-0.25, -0.2) is 8.78 Å². The van der Waals surface area contributed by atoms with Crippen LogP contribution in [0.3, 0.4) is 0 Å². The summed E-state index contributed by atoms with van der Waals surface area (Å²) >= 11 is 3.51. The van der Waals surface area contributed by atoms with Crippen molar-refractivity contribution in [1.82, 2.24) is 15.1 Å². The van der Waals surface area contributed by atoms with E-state index in [1.807, 2.05) is 12.1 Å². The maximum Gasteiger partial charge on any atom is 0.254 e. The molecule has 3 aromatic carbocycles. The molecular formula is C31H29BrF3N3O3. The van der Waals surface area contributed by atoms with E-state index in [-0.39, 0.29) is 17.6 Å². The van der Waals surface area contributed by atoms with Crippen molar-refractivity contribution in [2.45, 2.75) is 50.7 Å². The maximum absolute atomic E-state index is 14.9. The Morgan fingerprint density at radius 3 is 2.39 bits per heavy atom. The summed E-state index contributed by atoms with van der Waals surface area (Å²) in [7, 11) is 1.52. The fourth-order valence-corrected chi connectivity index (χ4v) is 6.55. The second kappa shape index (κ2) is 10.7. The molecule has 3 aliphatic carbocycles. The highest BCUT2D eigenvalue weighted by Gasteiger charge is 2.50. The molecule has 0 spiro atoms. The van der Waals surface area contributed by atoms with Gasteiger partial charge in [-0.3, -0.25) is 9.48 Å². The van der Waals surface area contributed by atoms with Crippen LogP contribution in [-0.4, -0.2) is 29.3 Å². The molecule has 2 bridgehead atoms. The van der Waals surface area contributed by atoms with Crippen molar-refractivity contribution in [3.05, 3.63) is 87.8 Å². The monoisotopic (exact) mass is 627 g/mol. The van der Waals surface area contributed by atoms with Crippen LogP contribution in [0, 0.1) is 22.9 Å². The summed E-state index contributed by atoms with van der Waals surface area (Å²) in [6, 6.07) is 13.5. The van der Waals surface area contributed by atoms with E-state index in [4.69, 9.17) is 14.6 Å². The minimum atomic E-state index is -1.53. The number of ether oxygens (including phenoxy) is 2. The molecule has 0 radical (unpaired) electrons. The van der Waals surface area contributed by atoms with Crippen LogP contribution in [0.25, 0.3) is 10.9 Å². The number of benzene rings is 3. The molecule has 1 heterocycles. The molecule has 41 heavy (non-hydrogen) atoms. The van der Waals surface area contributed by atoms with E-state index < -0.39 is 34.7 Å². The summed E-state index contributed by atoms with van der Waals surface area (Å²) in [5.41, 5.74) is 0.689. The van der Waals surface area contributed by atoms with E-state index in [1.54, 1.807) is 24.3 Å². The van der Waals surface area contributed by atoms with Crippen LogP contribution in [0.1, 0.15) is 54.4 Å². The molecular weight excluding hydrogens is 599 g/mol. The normalized spacial score (nSPS) is 21.7. The Kier molecular flexibility index (Phi) is 7.21. The molecule has 6 nitrogen and oxygen atoms in total. The van der Waals surface area contributed by atoms with Gasteiger partial charge in [0.25, 0.3) is 5.91 Å². The molecule has 7 rings (SSSR count). The average molecular weight is 628 g/mol. The lowest BCUT2D eigenvalue weighted by atomic mass is 9.57. The van der Waals surface area contributed by atoms with Crippen molar-refractivity contribution in [3.63, 3.8) is 0 Å². The number of amides is 1. The summed E-state index contributed by atoms with van der Waals surface area (Å²) in [5, 5.41) is 8.71. The molecule has 1 amide bonds. The molecule has 3 saturated carbocycles. The minimum absolute atomic E-state index is 0.0583. The zero-order valence-electron chi connectivity index (χ0n) is 22.5. The van der Waals surface area contributed by atoms with Crippen molar-refractivity contribution in [1.29, 1.82) is 0 Å². The number of methoxy groups -OCH3 is 1. The van der Waals surface area contributed by atoms with E-state index >= 15 is 0 Å².